The molecular weight excluding hydrogens is 550 g/mol. The van der Waals surface area contributed by atoms with Crippen molar-refractivity contribution in [3.8, 4) is 0 Å². The number of nitrogens with zero attached hydrogens (tertiary/aromatic N) is 3. The van der Waals surface area contributed by atoms with E-state index in [1.165, 1.54) is 28.6 Å². The molecule has 0 unspecified atom stereocenters. The van der Waals surface area contributed by atoms with Crippen LogP contribution in [0.25, 0.3) is 0 Å². The highest BCUT2D eigenvalue weighted by Gasteiger charge is 2.27. The zero-order valence-electron chi connectivity index (χ0n) is 20.4. The van der Waals surface area contributed by atoms with Crippen molar-refractivity contribution in [3.05, 3.63) is 59.7 Å². The van der Waals surface area contributed by atoms with E-state index in [1.54, 1.807) is 31.2 Å². The lowest BCUT2D eigenvalue weighted by atomic mass is 10.2. The smallest absolute Gasteiger partial charge is 0.338 e. The van der Waals surface area contributed by atoms with E-state index in [9.17, 15) is 22.8 Å². The van der Waals surface area contributed by atoms with Crippen molar-refractivity contribution >= 4 is 61.7 Å². The van der Waals surface area contributed by atoms with E-state index in [0.29, 0.717) is 28.7 Å². The summed E-state index contributed by atoms with van der Waals surface area (Å²) in [5.41, 5.74) is 1.21. The third-order valence-electron chi connectivity index (χ3n) is 5.45. The second kappa shape index (κ2) is 12.5. The Morgan fingerprint density at radius 3 is 2.29 bits per heavy atom. The van der Waals surface area contributed by atoms with Crippen molar-refractivity contribution < 1.29 is 27.5 Å². The average Bonchev–Trinajstić information content (AvgIpc) is 3.61. The standard InChI is InChI=1S/C24H25N5O6S3/c1-2-35-22(32)17-5-9-18(10-6-17)25-20(30)15-36-24-28-27-23(37-24)26-21(31)16-7-11-19(12-8-16)38(33,34)29-13-3-4-14-29/h5-12H,2-4,13-15H2,1H3,(H,25,30)(H,26,27,31). The number of anilines is 2. The van der Waals surface area contributed by atoms with E-state index in [1.807, 2.05) is 0 Å². The number of carbonyl (C=O) groups is 3. The van der Waals surface area contributed by atoms with Gasteiger partial charge in [0.1, 0.15) is 0 Å². The van der Waals surface area contributed by atoms with Gasteiger partial charge in [-0.1, -0.05) is 23.1 Å². The molecule has 1 saturated heterocycles. The van der Waals surface area contributed by atoms with Gasteiger partial charge in [-0.15, -0.1) is 10.2 Å². The van der Waals surface area contributed by atoms with E-state index in [2.05, 4.69) is 20.8 Å². The van der Waals surface area contributed by atoms with Crippen molar-refractivity contribution in [3.63, 3.8) is 0 Å². The molecule has 38 heavy (non-hydrogen) atoms. The molecule has 0 atom stereocenters. The van der Waals surface area contributed by atoms with Gasteiger partial charge in [-0.3, -0.25) is 14.9 Å². The molecule has 1 aliphatic rings. The summed E-state index contributed by atoms with van der Waals surface area (Å²) in [7, 11) is -3.55. The van der Waals surface area contributed by atoms with Gasteiger partial charge in [0.05, 0.1) is 22.8 Å². The molecular formula is C24H25N5O6S3. The number of aromatic nitrogens is 2. The third kappa shape index (κ3) is 6.95. The zero-order valence-corrected chi connectivity index (χ0v) is 22.8. The monoisotopic (exact) mass is 575 g/mol. The van der Waals surface area contributed by atoms with Gasteiger partial charge in [0.15, 0.2) is 4.34 Å². The number of ether oxygens (including phenoxy) is 1. The zero-order chi connectivity index (χ0) is 27.1. The number of esters is 1. The summed E-state index contributed by atoms with van der Waals surface area (Å²) in [6.07, 6.45) is 1.69. The summed E-state index contributed by atoms with van der Waals surface area (Å²) in [5, 5.41) is 13.5. The molecule has 2 amide bonds. The van der Waals surface area contributed by atoms with Crippen LogP contribution < -0.4 is 10.6 Å². The molecule has 4 rings (SSSR count). The lowest BCUT2D eigenvalue weighted by molar-refractivity contribution is -0.113. The van der Waals surface area contributed by atoms with Crippen LogP contribution in [-0.2, 0) is 19.6 Å². The second-order valence-corrected chi connectivity index (χ2v) is 12.2. The molecule has 2 heterocycles. The van der Waals surface area contributed by atoms with Crippen LogP contribution in [0.5, 0.6) is 0 Å². The van der Waals surface area contributed by atoms with Crippen molar-refractivity contribution in [2.75, 3.05) is 36.1 Å². The van der Waals surface area contributed by atoms with E-state index < -0.39 is 21.9 Å². The van der Waals surface area contributed by atoms with Gasteiger partial charge >= 0.3 is 5.97 Å². The van der Waals surface area contributed by atoms with E-state index in [4.69, 9.17) is 4.74 Å². The molecule has 0 saturated carbocycles. The number of rotatable bonds is 10. The SMILES string of the molecule is CCOC(=O)c1ccc(NC(=O)CSc2nnc(NC(=O)c3ccc(S(=O)(=O)N4CCCC4)cc3)s2)cc1. The van der Waals surface area contributed by atoms with Crippen LogP contribution in [0.2, 0.25) is 0 Å². The Morgan fingerprint density at radius 1 is 0.974 bits per heavy atom. The molecule has 2 N–H and O–H groups in total. The number of hydrogen-bond acceptors (Lipinski definition) is 10. The van der Waals surface area contributed by atoms with Gasteiger partial charge in [0, 0.05) is 24.3 Å². The first-order valence-corrected chi connectivity index (χ1v) is 15.0. The number of thioether (sulfide) groups is 1. The number of amides is 2. The van der Waals surface area contributed by atoms with Crippen molar-refractivity contribution in [2.45, 2.75) is 29.0 Å². The van der Waals surface area contributed by atoms with Crippen molar-refractivity contribution in [1.29, 1.82) is 0 Å². The van der Waals surface area contributed by atoms with Crippen molar-refractivity contribution in [2.24, 2.45) is 0 Å². The molecule has 200 valence electrons. The molecule has 11 nitrogen and oxygen atoms in total. The van der Waals surface area contributed by atoms with Crippen LogP contribution in [0.1, 0.15) is 40.5 Å². The van der Waals surface area contributed by atoms with Crippen LogP contribution in [0.3, 0.4) is 0 Å². The molecule has 3 aromatic rings. The summed E-state index contributed by atoms with van der Waals surface area (Å²) < 4.78 is 32.2. The molecule has 0 radical (unpaired) electrons. The number of hydrogen-bond donors (Lipinski definition) is 2. The van der Waals surface area contributed by atoms with Crippen LogP contribution in [0.4, 0.5) is 10.8 Å². The Morgan fingerprint density at radius 2 is 1.63 bits per heavy atom. The first kappa shape index (κ1) is 27.7. The highest BCUT2D eigenvalue weighted by molar-refractivity contribution is 8.01. The predicted octanol–water partition coefficient (Wildman–Crippen LogP) is 3.48. The highest BCUT2D eigenvalue weighted by Crippen LogP contribution is 2.26. The number of benzene rings is 2. The lowest BCUT2D eigenvalue weighted by Gasteiger charge is -2.15. The second-order valence-electron chi connectivity index (χ2n) is 8.10. The average molecular weight is 576 g/mol. The summed E-state index contributed by atoms with van der Waals surface area (Å²) in [5.74, 6) is -1.09. The van der Waals surface area contributed by atoms with Gasteiger partial charge in [-0.25, -0.2) is 13.2 Å². The molecule has 0 spiro atoms. The minimum Gasteiger partial charge on any atom is -0.462 e. The minimum atomic E-state index is -3.55. The molecule has 0 aliphatic carbocycles. The maximum atomic E-state index is 12.6. The predicted molar refractivity (Wildman–Crippen MR) is 144 cm³/mol. The number of carbonyl (C=O) groups excluding carboxylic acids is 3. The molecule has 2 aromatic carbocycles. The normalized spacial score (nSPS) is 13.7. The summed E-state index contributed by atoms with van der Waals surface area (Å²) in [6.45, 7) is 3.02. The molecule has 0 bridgehead atoms. The Bertz CT molecular complexity index is 1400. The third-order valence-corrected chi connectivity index (χ3v) is 9.34. The Balaban J connectivity index is 1.26. The molecule has 14 heteroatoms. The lowest BCUT2D eigenvalue weighted by Crippen LogP contribution is -2.27. The van der Waals surface area contributed by atoms with E-state index in [-0.39, 0.29) is 33.9 Å². The maximum Gasteiger partial charge on any atom is 0.338 e. The van der Waals surface area contributed by atoms with Crippen LogP contribution in [0.15, 0.2) is 57.8 Å². The number of sulfonamides is 1. The van der Waals surface area contributed by atoms with Crippen LogP contribution >= 0.6 is 23.1 Å². The van der Waals surface area contributed by atoms with Crippen LogP contribution in [-0.4, -0.2) is 66.2 Å². The highest BCUT2D eigenvalue weighted by atomic mass is 32.2. The van der Waals surface area contributed by atoms with Gasteiger partial charge in [-0.2, -0.15) is 4.31 Å². The first-order chi connectivity index (χ1) is 18.3. The summed E-state index contributed by atoms with van der Waals surface area (Å²) >= 11 is 2.27. The molecule has 1 aromatic heterocycles. The Kier molecular flexibility index (Phi) is 9.09. The van der Waals surface area contributed by atoms with Crippen molar-refractivity contribution in [1.82, 2.24) is 14.5 Å². The fourth-order valence-electron chi connectivity index (χ4n) is 3.57. The number of nitrogens with one attached hydrogen (secondary N) is 2. The van der Waals surface area contributed by atoms with Gasteiger partial charge in [0.25, 0.3) is 5.91 Å². The minimum absolute atomic E-state index is 0.0646. The molecule has 1 aliphatic heterocycles. The van der Waals surface area contributed by atoms with Gasteiger partial charge < -0.3 is 10.1 Å². The quantitative estimate of drug-likeness (QED) is 0.211. The largest absolute Gasteiger partial charge is 0.462 e. The summed E-state index contributed by atoms with van der Waals surface area (Å²) in [4.78, 5) is 36.7. The summed E-state index contributed by atoms with van der Waals surface area (Å²) in [6, 6.07) is 12.1. The Hall–Kier alpha value is -3.33. The van der Waals surface area contributed by atoms with Gasteiger partial charge in [0.2, 0.25) is 21.1 Å². The van der Waals surface area contributed by atoms with Gasteiger partial charge in [-0.05, 0) is 68.3 Å². The molecule has 1 fully saturated rings. The fourth-order valence-corrected chi connectivity index (χ4v) is 6.64. The van der Waals surface area contributed by atoms with E-state index in [0.717, 1.165) is 35.9 Å². The van der Waals surface area contributed by atoms with Crippen LogP contribution in [0, 0.1) is 0 Å². The fraction of sp³-hybridized carbons (Fsp3) is 0.292. The first-order valence-electron chi connectivity index (χ1n) is 11.7. The Labute approximate surface area is 228 Å². The topological polar surface area (TPSA) is 148 Å². The maximum absolute atomic E-state index is 12.6. The van der Waals surface area contributed by atoms with E-state index >= 15 is 0 Å².